The first-order chi connectivity index (χ1) is 6.69. The molecule has 3 nitrogen and oxygen atoms in total. The van der Waals surface area contributed by atoms with Gasteiger partial charge in [-0.05, 0) is 41.3 Å². The maximum Gasteiger partial charge on any atom is 0.268 e. The Bertz CT molecular complexity index is 406. The third kappa shape index (κ3) is 1.06. The fourth-order valence-electron chi connectivity index (χ4n) is 2.35. The zero-order valence-electron chi connectivity index (χ0n) is 7.72. The minimum Gasteiger partial charge on any atom is -0.344 e. The Morgan fingerprint density at radius 2 is 2.29 bits per heavy atom. The van der Waals surface area contributed by atoms with Gasteiger partial charge >= 0.3 is 0 Å². The largest absolute Gasteiger partial charge is 0.344 e. The van der Waals surface area contributed by atoms with E-state index in [-0.39, 0.29) is 11.4 Å². The highest BCUT2D eigenvalue weighted by molar-refractivity contribution is 9.10. The number of fused-ring (bicyclic) bond motifs is 1. The molecule has 0 radical (unpaired) electrons. The van der Waals surface area contributed by atoms with E-state index in [1.807, 2.05) is 12.3 Å². The van der Waals surface area contributed by atoms with Crippen molar-refractivity contribution < 1.29 is 4.79 Å². The molecular weight excluding hydrogens is 244 g/mol. The molecule has 0 aromatic carbocycles. The van der Waals surface area contributed by atoms with E-state index < -0.39 is 0 Å². The molecule has 14 heavy (non-hydrogen) atoms. The van der Waals surface area contributed by atoms with Gasteiger partial charge in [-0.2, -0.15) is 0 Å². The topological polar surface area (TPSA) is 34.0 Å². The second-order valence-corrected chi connectivity index (χ2v) is 5.18. The van der Waals surface area contributed by atoms with Crippen molar-refractivity contribution >= 4 is 21.8 Å². The monoisotopic (exact) mass is 254 g/mol. The van der Waals surface area contributed by atoms with Gasteiger partial charge in [-0.15, -0.1) is 0 Å². The van der Waals surface area contributed by atoms with Crippen molar-refractivity contribution in [1.29, 1.82) is 0 Å². The molecule has 4 heteroatoms. The summed E-state index contributed by atoms with van der Waals surface area (Å²) in [6, 6.07) is 1.88. The van der Waals surface area contributed by atoms with Gasteiger partial charge in [0, 0.05) is 17.2 Å². The van der Waals surface area contributed by atoms with E-state index in [2.05, 4.69) is 25.8 Å². The van der Waals surface area contributed by atoms with Crippen LogP contribution < -0.4 is 5.32 Å². The van der Waals surface area contributed by atoms with E-state index in [1.54, 1.807) is 0 Å². The number of hydrogen-bond acceptors (Lipinski definition) is 1. The van der Waals surface area contributed by atoms with Gasteiger partial charge in [-0.3, -0.25) is 4.79 Å². The maximum atomic E-state index is 11.8. The summed E-state index contributed by atoms with van der Waals surface area (Å²) in [6.07, 6.45) is 5.47. The Balaban J connectivity index is 2.03. The molecule has 0 saturated heterocycles. The van der Waals surface area contributed by atoms with Gasteiger partial charge in [0.1, 0.15) is 5.69 Å². The lowest BCUT2D eigenvalue weighted by Gasteiger charge is -2.45. The van der Waals surface area contributed by atoms with Crippen LogP contribution in [0.2, 0.25) is 0 Å². The first kappa shape index (κ1) is 8.53. The molecule has 1 spiro atoms. The van der Waals surface area contributed by atoms with Crippen molar-refractivity contribution in [3.8, 4) is 0 Å². The standard InChI is InChI=1S/C10H11BrN2O/c11-7-4-8-9(14)12-10(2-1-3-10)6-13(8)5-7/h4-5H,1-3,6H2,(H,12,14). The van der Waals surface area contributed by atoms with E-state index in [0.29, 0.717) is 0 Å². The van der Waals surface area contributed by atoms with E-state index in [0.717, 1.165) is 29.6 Å². The van der Waals surface area contributed by atoms with Gasteiger partial charge in [0.05, 0.1) is 5.54 Å². The minimum absolute atomic E-state index is 0.0710. The Morgan fingerprint density at radius 1 is 1.50 bits per heavy atom. The highest BCUT2D eigenvalue weighted by atomic mass is 79.9. The molecule has 1 amide bonds. The van der Waals surface area contributed by atoms with Crippen molar-refractivity contribution in [3.63, 3.8) is 0 Å². The van der Waals surface area contributed by atoms with E-state index in [1.165, 1.54) is 6.42 Å². The van der Waals surface area contributed by atoms with E-state index in [9.17, 15) is 4.79 Å². The summed E-state index contributed by atoms with van der Waals surface area (Å²) in [4.78, 5) is 11.8. The molecule has 2 aliphatic rings. The van der Waals surface area contributed by atoms with Crippen molar-refractivity contribution in [1.82, 2.24) is 9.88 Å². The lowest BCUT2D eigenvalue weighted by atomic mass is 9.75. The van der Waals surface area contributed by atoms with Crippen molar-refractivity contribution in [2.75, 3.05) is 0 Å². The highest BCUT2D eigenvalue weighted by Crippen LogP contribution is 2.36. The van der Waals surface area contributed by atoms with E-state index >= 15 is 0 Å². The summed E-state index contributed by atoms with van der Waals surface area (Å²) >= 11 is 3.40. The lowest BCUT2D eigenvalue weighted by molar-refractivity contribution is 0.0719. The summed E-state index contributed by atoms with van der Waals surface area (Å²) in [5.41, 5.74) is 0.845. The van der Waals surface area contributed by atoms with Crippen molar-refractivity contribution in [2.24, 2.45) is 0 Å². The minimum atomic E-state index is 0.0710. The van der Waals surface area contributed by atoms with Crippen LogP contribution in [0, 0.1) is 0 Å². The fraction of sp³-hybridized carbons (Fsp3) is 0.500. The smallest absolute Gasteiger partial charge is 0.268 e. The van der Waals surface area contributed by atoms with Crippen LogP contribution in [0.5, 0.6) is 0 Å². The number of carbonyl (C=O) groups excluding carboxylic acids is 1. The summed E-state index contributed by atoms with van der Waals surface area (Å²) < 4.78 is 3.04. The number of nitrogens with zero attached hydrogens (tertiary/aromatic N) is 1. The number of aromatic nitrogens is 1. The molecule has 0 atom stereocenters. The van der Waals surface area contributed by atoms with Crippen molar-refractivity contribution in [3.05, 3.63) is 22.4 Å². The molecule has 1 fully saturated rings. The summed E-state index contributed by atoms with van der Waals surface area (Å²) in [7, 11) is 0. The zero-order valence-corrected chi connectivity index (χ0v) is 9.30. The summed E-state index contributed by atoms with van der Waals surface area (Å²) in [5, 5.41) is 3.12. The number of rotatable bonds is 0. The van der Waals surface area contributed by atoms with Crippen LogP contribution >= 0.6 is 15.9 Å². The SMILES string of the molecule is O=C1NC2(CCC2)Cn2cc(Br)cc21. The zero-order chi connectivity index (χ0) is 9.76. The fourth-order valence-corrected chi connectivity index (χ4v) is 2.82. The summed E-state index contributed by atoms with van der Waals surface area (Å²) in [5.74, 6) is 0.0710. The third-order valence-corrected chi connectivity index (χ3v) is 3.69. The average molecular weight is 255 g/mol. The number of amides is 1. The normalized spacial score (nSPS) is 22.8. The molecule has 0 bridgehead atoms. The van der Waals surface area contributed by atoms with Crippen LogP contribution in [0.4, 0.5) is 0 Å². The van der Waals surface area contributed by atoms with Gasteiger partial charge in [0.15, 0.2) is 0 Å². The Labute approximate surface area is 90.6 Å². The Kier molecular flexibility index (Phi) is 1.60. The van der Waals surface area contributed by atoms with Crippen LogP contribution in [0.25, 0.3) is 0 Å². The maximum absolute atomic E-state index is 11.8. The number of halogens is 1. The number of hydrogen-bond donors (Lipinski definition) is 1. The van der Waals surface area contributed by atoms with Crippen LogP contribution in [-0.2, 0) is 6.54 Å². The molecule has 1 aromatic rings. The predicted octanol–water partition coefficient (Wildman–Crippen LogP) is 1.92. The second-order valence-electron chi connectivity index (χ2n) is 4.26. The van der Waals surface area contributed by atoms with Gasteiger partial charge < -0.3 is 9.88 Å². The molecule has 3 rings (SSSR count). The Morgan fingerprint density at radius 3 is 2.93 bits per heavy atom. The van der Waals surface area contributed by atoms with Gasteiger partial charge in [0.2, 0.25) is 0 Å². The average Bonchev–Trinajstić information content (AvgIpc) is 2.43. The second kappa shape index (κ2) is 2.63. The molecule has 1 aliphatic heterocycles. The van der Waals surface area contributed by atoms with Crippen LogP contribution in [0.1, 0.15) is 29.8 Å². The Hall–Kier alpha value is -0.770. The molecule has 1 aliphatic carbocycles. The first-order valence-electron chi connectivity index (χ1n) is 4.87. The predicted molar refractivity (Wildman–Crippen MR) is 56.2 cm³/mol. The number of carbonyl (C=O) groups is 1. The molecular formula is C10H11BrN2O. The van der Waals surface area contributed by atoms with Gasteiger partial charge in [-0.1, -0.05) is 0 Å². The quantitative estimate of drug-likeness (QED) is 0.755. The van der Waals surface area contributed by atoms with E-state index in [4.69, 9.17) is 0 Å². The van der Waals surface area contributed by atoms with Crippen LogP contribution in [-0.4, -0.2) is 16.0 Å². The molecule has 2 heterocycles. The van der Waals surface area contributed by atoms with Gasteiger partial charge in [-0.25, -0.2) is 0 Å². The van der Waals surface area contributed by atoms with Gasteiger partial charge in [0.25, 0.3) is 5.91 Å². The van der Waals surface area contributed by atoms with Crippen LogP contribution in [0.3, 0.4) is 0 Å². The van der Waals surface area contributed by atoms with Crippen LogP contribution in [0.15, 0.2) is 16.7 Å². The molecule has 1 N–H and O–H groups in total. The number of nitrogens with one attached hydrogen (secondary N) is 1. The molecule has 74 valence electrons. The third-order valence-electron chi connectivity index (χ3n) is 3.26. The highest BCUT2D eigenvalue weighted by Gasteiger charge is 2.42. The molecule has 0 unspecified atom stereocenters. The van der Waals surface area contributed by atoms with Crippen molar-refractivity contribution in [2.45, 2.75) is 31.3 Å². The molecule has 1 aromatic heterocycles. The summed E-state index contributed by atoms with van der Waals surface area (Å²) in [6.45, 7) is 0.930. The first-order valence-corrected chi connectivity index (χ1v) is 5.66. The lowest BCUT2D eigenvalue weighted by Crippen LogP contribution is -2.59. The molecule has 1 saturated carbocycles.